The van der Waals surface area contributed by atoms with Crippen LogP contribution in [0.4, 0.5) is 0 Å². The van der Waals surface area contributed by atoms with Gasteiger partial charge in [-0.1, -0.05) is 96.8 Å². The van der Waals surface area contributed by atoms with Crippen molar-refractivity contribution in [3.05, 3.63) is 0 Å². The van der Waals surface area contributed by atoms with E-state index in [1.165, 1.54) is 57.8 Å². The average molecular weight is 243 g/mol. The van der Waals surface area contributed by atoms with Crippen molar-refractivity contribution in [2.24, 2.45) is 0 Å². The zero-order valence-electron chi connectivity index (χ0n) is 12.3. The maximum Gasteiger partial charge on any atom is 0.0473 e. The van der Waals surface area contributed by atoms with Crippen molar-refractivity contribution in [2.75, 3.05) is 0 Å². The molecule has 0 heterocycles. The first-order chi connectivity index (χ1) is 7.62. The Balaban J connectivity index is 3.38. The van der Waals surface area contributed by atoms with Crippen LogP contribution in [0.3, 0.4) is 0 Å². The Bertz CT molecular complexity index is 140. The molecule has 0 aliphatic rings. The normalized spacial score (nSPS) is 12.0. The summed E-state index contributed by atoms with van der Waals surface area (Å²) in [6.07, 6.45) is 13.1. The summed E-state index contributed by atoms with van der Waals surface area (Å²) in [5, 5.41) is 0. The Labute approximate surface area is 105 Å². The lowest BCUT2D eigenvalue weighted by Gasteiger charge is -2.22. The molecule has 0 fully saturated rings. The van der Waals surface area contributed by atoms with E-state index < -0.39 is 8.07 Å². The van der Waals surface area contributed by atoms with Gasteiger partial charge < -0.3 is 0 Å². The van der Waals surface area contributed by atoms with E-state index in [1.807, 2.05) is 0 Å². The van der Waals surface area contributed by atoms with Crippen molar-refractivity contribution < 1.29 is 0 Å². The second-order valence-electron chi connectivity index (χ2n) is 6.14. The van der Waals surface area contributed by atoms with Crippen LogP contribution >= 0.6 is 0 Å². The van der Waals surface area contributed by atoms with Gasteiger partial charge in [0.25, 0.3) is 0 Å². The van der Waals surface area contributed by atoms with Crippen molar-refractivity contribution >= 4 is 8.07 Å². The van der Waals surface area contributed by atoms with Gasteiger partial charge in [0, 0.05) is 8.07 Å². The lowest BCUT2D eigenvalue weighted by Crippen LogP contribution is -2.24. The van der Waals surface area contributed by atoms with Crippen LogP contribution in [-0.4, -0.2) is 8.07 Å². The summed E-state index contributed by atoms with van der Waals surface area (Å²) in [6.45, 7) is 9.79. The van der Waals surface area contributed by atoms with Crippen molar-refractivity contribution in [1.29, 1.82) is 0 Å². The van der Waals surface area contributed by atoms with Crippen LogP contribution in [0.5, 0.6) is 0 Å². The van der Waals surface area contributed by atoms with Crippen LogP contribution in [0.25, 0.3) is 0 Å². The van der Waals surface area contributed by atoms with Crippen molar-refractivity contribution in [1.82, 2.24) is 0 Å². The molecular formula is C15H34Si. The first-order valence-corrected chi connectivity index (χ1v) is 11.0. The van der Waals surface area contributed by atoms with Gasteiger partial charge in [-0.15, -0.1) is 0 Å². The van der Waals surface area contributed by atoms with Gasteiger partial charge in [-0.2, -0.15) is 0 Å². The molecule has 98 valence electrons. The van der Waals surface area contributed by atoms with Crippen LogP contribution < -0.4 is 0 Å². The molecule has 0 aliphatic heterocycles. The van der Waals surface area contributed by atoms with E-state index in [9.17, 15) is 0 Å². The molecule has 0 saturated carbocycles. The van der Waals surface area contributed by atoms with E-state index in [0.29, 0.717) is 0 Å². The van der Waals surface area contributed by atoms with Crippen LogP contribution in [0.2, 0.25) is 25.2 Å². The molecule has 0 atom stereocenters. The highest BCUT2D eigenvalue weighted by Crippen LogP contribution is 2.22. The summed E-state index contributed by atoms with van der Waals surface area (Å²) in [5.74, 6) is 0. The zero-order valence-corrected chi connectivity index (χ0v) is 13.3. The third-order valence-corrected chi connectivity index (χ3v) is 7.08. The molecule has 0 aliphatic carbocycles. The molecule has 0 aromatic rings. The standard InChI is InChI=1S/C15H34Si/c1-5-7-9-11-13-15-16(3,4)14-12-10-8-6-2/h5-15H2,1-4H3. The molecule has 0 bridgehead atoms. The highest BCUT2D eigenvalue weighted by Gasteiger charge is 2.18. The topological polar surface area (TPSA) is 0 Å². The third-order valence-electron chi connectivity index (χ3n) is 3.66. The smallest absolute Gasteiger partial charge is 0.0473 e. The highest BCUT2D eigenvalue weighted by atomic mass is 28.3. The van der Waals surface area contributed by atoms with E-state index in [4.69, 9.17) is 0 Å². The first kappa shape index (κ1) is 16.2. The highest BCUT2D eigenvalue weighted by molar-refractivity contribution is 6.77. The van der Waals surface area contributed by atoms with E-state index in [1.54, 1.807) is 12.1 Å². The molecule has 1 heteroatoms. The lowest BCUT2D eigenvalue weighted by atomic mass is 10.2. The second-order valence-corrected chi connectivity index (χ2v) is 11.5. The zero-order chi connectivity index (χ0) is 12.3. The average Bonchev–Trinajstić information content (AvgIpc) is 2.24. The fourth-order valence-electron chi connectivity index (χ4n) is 2.36. The largest absolute Gasteiger partial charge is 0.0693 e. The van der Waals surface area contributed by atoms with E-state index in [2.05, 4.69) is 26.9 Å². The fraction of sp³-hybridized carbons (Fsp3) is 1.00. The van der Waals surface area contributed by atoms with Crippen molar-refractivity contribution in [3.8, 4) is 0 Å². The predicted octanol–water partition coefficient (Wildman–Crippen LogP) is 6.25. The third kappa shape index (κ3) is 10.7. The molecule has 0 radical (unpaired) electrons. The van der Waals surface area contributed by atoms with Gasteiger partial charge in [0.1, 0.15) is 0 Å². The molecule has 0 amide bonds. The second kappa shape index (κ2) is 10.4. The molecule has 16 heavy (non-hydrogen) atoms. The van der Waals surface area contributed by atoms with Gasteiger partial charge in [-0.3, -0.25) is 0 Å². The minimum atomic E-state index is -0.813. The van der Waals surface area contributed by atoms with E-state index >= 15 is 0 Å². The van der Waals surface area contributed by atoms with Gasteiger partial charge in [0.2, 0.25) is 0 Å². The van der Waals surface area contributed by atoms with Crippen LogP contribution in [0, 0.1) is 0 Å². The summed E-state index contributed by atoms with van der Waals surface area (Å²) in [7, 11) is -0.813. The fourth-order valence-corrected chi connectivity index (χ4v) is 5.03. The quantitative estimate of drug-likeness (QED) is 0.297. The predicted molar refractivity (Wildman–Crippen MR) is 80.0 cm³/mol. The molecule has 0 aromatic carbocycles. The molecule has 0 rings (SSSR count). The van der Waals surface area contributed by atoms with Crippen LogP contribution in [0.1, 0.15) is 71.6 Å². The first-order valence-electron chi connectivity index (χ1n) is 7.62. The number of hydrogen-bond donors (Lipinski definition) is 0. The van der Waals surface area contributed by atoms with Gasteiger partial charge >= 0.3 is 0 Å². The van der Waals surface area contributed by atoms with E-state index in [-0.39, 0.29) is 0 Å². The summed E-state index contributed by atoms with van der Waals surface area (Å²) >= 11 is 0. The van der Waals surface area contributed by atoms with Crippen LogP contribution in [-0.2, 0) is 0 Å². The molecule has 0 nitrogen and oxygen atoms in total. The van der Waals surface area contributed by atoms with Gasteiger partial charge in [0.15, 0.2) is 0 Å². The molecule has 0 N–H and O–H groups in total. The molecule has 0 aromatic heterocycles. The number of unbranched alkanes of at least 4 members (excludes halogenated alkanes) is 7. The summed E-state index contributed by atoms with van der Waals surface area (Å²) in [6, 6.07) is 3.14. The van der Waals surface area contributed by atoms with Gasteiger partial charge in [0.05, 0.1) is 0 Å². The van der Waals surface area contributed by atoms with Gasteiger partial charge in [-0.05, 0) is 0 Å². The lowest BCUT2D eigenvalue weighted by molar-refractivity contribution is 0.649. The Kier molecular flexibility index (Phi) is 10.5. The minimum Gasteiger partial charge on any atom is -0.0693 e. The number of hydrogen-bond acceptors (Lipinski definition) is 0. The summed E-state index contributed by atoms with van der Waals surface area (Å²) in [5.41, 5.74) is 0. The van der Waals surface area contributed by atoms with Crippen molar-refractivity contribution in [2.45, 2.75) is 96.8 Å². The Hall–Kier alpha value is 0.217. The molecule has 0 saturated heterocycles. The minimum absolute atomic E-state index is 0.813. The maximum absolute atomic E-state index is 2.60. The monoisotopic (exact) mass is 242 g/mol. The molecular weight excluding hydrogens is 208 g/mol. The molecule has 0 unspecified atom stereocenters. The van der Waals surface area contributed by atoms with Crippen molar-refractivity contribution in [3.63, 3.8) is 0 Å². The Morgan fingerprint density at radius 1 is 0.562 bits per heavy atom. The Morgan fingerprint density at radius 3 is 1.38 bits per heavy atom. The Morgan fingerprint density at radius 2 is 0.938 bits per heavy atom. The van der Waals surface area contributed by atoms with Crippen LogP contribution in [0.15, 0.2) is 0 Å². The summed E-state index contributed by atoms with van der Waals surface area (Å²) < 4.78 is 0. The maximum atomic E-state index is 2.60. The summed E-state index contributed by atoms with van der Waals surface area (Å²) in [4.78, 5) is 0. The van der Waals surface area contributed by atoms with E-state index in [0.717, 1.165) is 0 Å². The SMILES string of the molecule is CCCCCCC[Si](C)(C)CCCCCC. The molecule has 0 spiro atoms. The number of rotatable bonds is 11. The van der Waals surface area contributed by atoms with Gasteiger partial charge in [-0.25, -0.2) is 0 Å².